The Kier molecular flexibility index (Phi) is 3.85. The van der Waals surface area contributed by atoms with Crippen LogP contribution in [0.2, 0.25) is 0 Å². The maximum Gasteiger partial charge on any atom is 0.236 e. The minimum atomic E-state index is -0.161. The van der Waals surface area contributed by atoms with Gasteiger partial charge in [-0.1, -0.05) is 31.2 Å². The molecule has 0 fully saturated rings. The Hall–Kier alpha value is -1.64. The molecule has 0 saturated carbocycles. The molecule has 0 heterocycles. The summed E-state index contributed by atoms with van der Waals surface area (Å²) in [4.78, 5) is 10.5. The molecule has 0 spiro atoms. The Bertz CT molecular complexity index is 328. The highest BCUT2D eigenvalue weighted by Crippen LogP contribution is 2.02. The Morgan fingerprint density at radius 2 is 2.07 bits per heavy atom. The van der Waals surface area contributed by atoms with Gasteiger partial charge in [0.2, 0.25) is 5.91 Å². The molecule has 14 heavy (non-hydrogen) atoms. The molecule has 1 aromatic carbocycles. The monoisotopic (exact) mass is 190 g/mol. The zero-order valence-corrected chi connectivity index (χ0v) is 8.45. The van der Waals surface area contributed by atoms with Crippen molar-refractivity contribution in [2.75, 3.05) is 0 Å². The number of carbonyl (C=O) groups excluding carboxylic acids is 1. The molecule has 0 bridgehead atoms. The van der Waals surface area contributed by atoms with Gasteiger partial charge in [-0.15, -0.1) is 0 Å². The first-order valence-corrected chi connectivity index (χ1v) is 4.61. The molecule has 0 unspecified atom stereocenters. The van der Waals surface area contributed by atoms with Crippen LogP contribution in [-0.2, 0) is 11.2 Å². The van der Waals surface area contributed by atoms with Crippen LogP contribution >= 0.6 is 0 Å². The van der Waals surface area contributed by atoms with E-state index in [1.165, 1.54) is 12.5 Å². The van der Waals surface area contributed by atoms with Gasteiger partial charge in [-0.25, -0.2) is 5.43 Å². The fourth-order valence-corrected chi connectivity index (χ4v) is 1.04. The fourth-order valence-electron chi connectivity index (χ4n) is 1.04. The fraction of sp³-hybridized carbons (Fsp3) is 0.273. The average Bonchev–Trinajstić information content (AvgIpc) is 2.18. The van der Waals surface area contributed by atoms with E-state index < -0.39 is 0 Å². The lowest BCUT2D eigenvalue weighted by Crippen LogP contribution is -2.12. The number of hydrazone groups is 1. The van der Waals surface area contributed by atoms with Crippen LogP contribution in [0.25, 0.3) is 0 Å². The predicted molar refractivity (Wildman–Crippen MR) is 57.2 cm³/mol. The van der Waals surface area contributed by atoms with Crippen molar-refractivity contribution in [2.45, 2.75) is 20.3 Å². The van der Waals surface area contributed by atoms with Gasteiger partial charge in [-0.05, 0) is 17.5 Å². The minimum absolute atomic E-state index is 0.161. The maximum absolute atomic E-state index is 10.5. The van der Waals surface area contributed by atoms with Gasteiger partial charge in [-0.2, -0.15) is 5.10 Å². The largest absolute Gasteiger partial charge is 0.274 e. The molecule has 74 valence electrons. The quantitative estimate of drug-likeness (QED) is 0.572. The summed E-state index contributed by atoms with van der Waals surface area (Å²) in [7, 11) is 0. The van der Waals surface area contributed by atoms with Crippen LogP contribution in [0.4, 0.5) is 0 Å². The molecule has 0 radical (unpaired) electrons. The van der Waals surface area contributed by atoms with E-state index in [1.54, 1.807) is 6.21 Å². The van der Waals surface area contributed by atoms with Crippen LogP contribution < -0.4 is 5.43 Å². The first kappa shape index (κ1) is 10.4. The molecule has 1 N–H and O–H groups in total. The Labute approximate surface area is 83.8 Å². The third-order valence-electron chi connectivity index (χ3n) is 1.82. The third-order valence-corrected chi connectivity index (χ3v) is 1.82. The number of nitrogens with one attached hydrogen (secondary N) is 1. The number of aryl methyl sites for hydroxylation is 1. The standard InChI is InChI=1S/C11H14N2O/c1-3-10-4-6-11(7-5-10)8-12-13-9(2)14/h4-8H,3H2,1-2H3,(H,13,14). The van der Waals surface area contributed by atoms with E-state index in [1.807, 2.05) is 12.1 Å². The molecular formula is C11H14N2O. The van der Waals surface area contributed by atoms with Crippen LogP contribution in [0.1, 0.15) is 25.0 Å². The lowest BCUT2D eigenvalue weighted by atomic mass is 10.1. The van der Waals surface area contributed by atoms with Crippen molar-refractivity contribution in [3.63, 3.8) is 0 Å². The molecule has 3 nitrogen and oxygen atoms in total. The Morgan fingerprint density at radius 1 is 1.43 bits per heavy atom. The number of amides is 1. The third kappa shape index (κ3) is 3.39. The molecule has 0 aliphatic rings. The lowest BCUT2D eigenvalue weighted by Gasteiger charge is -1.96. The summed E-state index contributed by atoms with van der Waals surface area (Å²) in [6.45, 7) is 3.54. The van der Waals surface area contributed by atoms with Crippen molar-refractivity contribution in [2.24, 2.45) is 5.10 Å². The molecule has 0 aliphatic carbocycles. The van der Waals surface area contributed by atoms with E-state index >= 15 is 0 Å². The number of hydrogen-bond acceptors (Lipinski definition) is 2. The zero-order chi connectivity index (χ0) is 10.4. The molecule has 0 aromatic heterocycles. The van der Waals surface area contributed by atoms with Gasteiger partial charge < -0.3 is 0 Å². The van der Waals surface area contributed by atoms with Gasteiger partial charge in [0.25, 0.3) is 0 Å². The number of hydrogen-bond donors (Lipinski definition) is 1. The first-order chi connectivity index (χ1) is 6.72. The van der Waals surface area contributed by atoms with Gasteiger partial charge in [0.15, 0.2) is 0 Å². The SMILES string of the molecule is CCc1ccc(C=NNC(C)=O)cc1. The molecule has 1 rings (SSSR count). The van der Waals surface area contributed by atoms with E-state index in [0.29, 0.717) is 0 Å². The van der Waals surface area contributed by atoms with Gasteiger partial charge in [0.1, 0.15) is 0 Å². The minimum Gasteiger partial charge on any atom is -0.274 e. The summed E-state index contributed by atoms with van der Waals surface area (Å²) in [5, 5.41) is 3.77. The molecule has 0 atom stereocenters. The van der Waals surface area contributed by atoms with Crippen LogP contribution in [0.15, 0.2) is 29.4 Å². The molecule has 0 aliphatic heterocycles. The topological polar surface area (TPSA) is 41.5 Å². The second-order valence-corrected chi connectivity index (χ2v) is 3.02. The summed E-state index contributed by atoms with van der Waals surface area (Å²) in [5.41, 5.74) is 4.63. The van der Waals surface area contributed by atoms with Gasteiger partial charge in [-0.3, -0.25) is 4.79 Å². The highest BCUT2D eigenvalue weighted by atomic mass is 16.2. The number of rotatable bonds is 3. The highest BCUT2D eigenvalue weighted by molar-refractivity contribution is 5.81. The smallest absolute Gasteiger partial charge is 0.236 e. The zero-order valence-electron chi connectivity index (χ0n) is 8.45. The normalized spacial score (nSPS) is 10.4. The lowest BCUT2D eigenvalue weighted by molar-refractivity contribution is -0.118. The second kappa shape index (κ2) is 5.17. The number of carbonyl (C=O) groups is 1. The molecule has 3 heteroatoms. The van der Waals surface area contributed by atoms with Crippen molar-refractivity contribution in [3.8, 4) is 0 Å². The summed E-state index contributed by atoms with van der Waals surface area (Å²) >= 11 is 0. The van der Waals surface area contributed by atoms with Crippen LogP contribution in [0.3, 0.4) is 0 Å². The van der Waals surface area contributed by atoms with Gasteiger partial charge >= 0.3 is 0 Å². The summed E-state index contributed by atoms with van der Waals surface area (Å²) in [6.07, 6.45) is 2.66. The van der Waals surface area contributed by atoms with Crippen molar-refractivity contribution < 1.29 is 4.79 Å². The van der Waals surface area contributed by atoms with Crippen LogP contribution in [0, 0.1) is 0 Å². The maximum atomic E-state index is 10.5. The Balaban J connectivity index is 2.59. The van der Waals surface area contributed by atoms with Crippen LogP contribution in [-0.4, -0.2) is 12.1 Å². The molecule has 1 amide bonds. The van der Waals surface area contributed by atoms with E-state index in [-0.39, 0.29) is 5.91 Å². The van der Waals surface area contributed by atoms with Crippen LogP contribution in [0.5, 0.6) is 0 Å². The number of benzene rings is 1. The molecular weight excluding hydrogens is 176 g/mol. The van der Waals surface area contributed by atoms with E-state index in [4.69, 9.17) is 0 Å². The van der Waals surface area contributed by atoms with Crippen molar-refractivity contribution in [1.82, 2.24) is 5.43 Å². The second-order valence-electron chi connectivity index (χ2n) is 3.02. The van der Waals surface area contributed by atoms with Gasteiger partial charge in [0.05, 0.1) is 6.21 Å². The van der Waals surface area contributed by atoms with E-state index in [0.717, 1.165) is 12.0 Å². The summed E-state index contributed by atoms with van der Waals surface area (Å²) in [5.74, 6) is -0.161. The van der Waals surface area contributed by atoms with Crippen molar-refractivity contribution in [1.29, 1.82) is 0 Å². The highest BCUT2D eigenvalue weighted by Gasteiger charge is 1.89. The van der Waals surface area contributed by atoms with E-state index in [2.05, 4.69) is 29.6 Å². The average molecular weight is 190 g/mol. The summed E-state index contributed by atoms with van der Waals surface area (Å²) < 4.78 is 0. The Morgan fingerprint density at radius 3 is 2.57 bits per heavy atom. The number of nitrogens with zero attached hydrogens (tertiary/aromatic N) is 1. The van der Waals surface area contributed by atoms with Crippen molar-refractivity contribution in [3.05, 3.63) is 35.4 Å². The summed E-state index contributed by atoms with van der Waals surface area (Å²) in [6, 6.07) is 8.05. The molecule has 0 saturated heterocycles. The van der Waals surface area contributed by atoms with Gasteiger partial charge in [0, 0.05) is 6.92 Å². The van der Waals surface area contributed by atoms with E-state index in [9.17, 15) is 4.79 Å². The first-order valence-electron chi connectivity index (χ1n) is 4.61. The molecule has 1 aromatic rings. The van der Waals surface area contributed by atoms with Crippen molar-refractivity contribution >= 4 is 12.1 Å². The predicted octanol–water partition coefficient (Wildman–Crippen LogP) is 1.72.